The van der Waals surface area contributed by atoms with Crippen molar-refractivity contribution >= 4 is 26.3 Å². The van der Waals surface area contributed by atoms with E-state index in [2.05, 4.69) is 9.88 Å². The van der Waals surface area contributed by atoms with Crippen LogP contribution in [0.3, 0.4) is 0 Å². The Labute approximate surface area is 187 Å². The number of benzene rings is 1. The van der Waals surface area contributed by atoms with Crippen molar-refractivity contribution in [2.75, 3.05) is 26.2 Å². The summed E-state index contributed by atoms with van der Waals surface area (Å²) >= 11 is 1.43. The summed E-state index contributed by atoms with van der Waals surface area (Å²) in [5.41, 5.74) is 5.57. The normalized spacial score (nSPS) is 16.3. The number of fused-ring (bicyclic) bond motifs is 1. The lowest BCUT2D eigenvalue weighted by Gasteiger charge is -2.34. The third-order valence-electron chi connectivity index (χ3n) is 6.60. The van der Waals surface area contributed by atoms with Crippen molar-refractivity contribution in [1.29, 1.82) is 0 Å². The Morgan fingerprint density at radius 2 is 1.52 bits per heavy atom. The molecule has 0 atom stereocenters. The average molecular weight is 461 g/mol. The summed E-state index contributed by atoms with van der Waals surface area (Å²) in [5, 5.41) is 1.84. The molecule has 0 saturated carbocycles. The molecular weight excluding hydrogens is 432 g/mol. The molecule has 1 aliphatic rings. The molecule has 166 valence electrons. The molecule has 0 unspecified atom stereocenters. The Kier molecular flexibility index (Phi) is 5.80. The van der Waals surface area contributed by atoms with Crippen LogP contribution in [0.2, 0.25) is 0 Å². The maximum Gasteiger partial charge on any atom is 0.258 e. The van der Waals surface area contributed by atoms with Gasteiger partial charge in [-0.05, 0) is 62.4 Å². The standard InChI is InChI=1S/C22H28N4O3S2/c1-14-15(2)17(4)21(18(5)16(14)3)31(28,29)25-8-6-24(7-9-25)13-19-12-20(27)26-10-11-30-22(26)23-19/h10-12H,6-9,13H2,1-5H3. The van der Waals surface area contributed by atoms with Gasteiger partial charge in [-0.2, -0.15) is 4.31 Å². The van der Waals surface area contributed by atoms with Gasteiger partial charge in [-0.15, -0.1) is 11.3 Å². The maximum absolute atomic E-state index is 13.5. The first-order chi connectivity index (χ1) is 14.6. The van der Waals surface area contributed by atoms with Crippen molar-refractivity contribution < 1.29 is 8.42 Å². The van der Waals surface area contributed by atoms with Crippen molar-refractivity contribution in [1.82, 2.24) is 18.6 Å². The quantitative estimate of drug-likeness (QED) is 0.599. The van der Waals surface area contributed by atoms with Gasteiger partial charge in [-0.1, -0.05) is 0 Å². The van der Waals surface area contributed by atoms with Crippen LogP contribution >= 0.6 is 11.3 Å². The Balaban J connectivity index is 1.52. The Morgan fingerprint density at radius 3 is 2.13 bits per heavy atom. The van der Waals surface area contributed by atoms with E-state index in [4.69, 9.17) is 0 Å². The second-order valence-corrected chi connectivity index (χ2v) is 11.0. The number of piperazine rings is 1. The number of rotatable bonds is 4. The van der Waals surface area contributed by atoms with Gasteiger partial charge in [0.05, 0.1) is 10.6 Å². The van der Waals surface area contributed by atoms with E-state index in [1.165, 1.54) is 15.7 Å². The summed E-state index contributed by atoms with van der Waals surface area (Å²) in [6.45, 7) is 12.4. The molecule has 1 saturated heterocycles. The molecule has 3 aromatic rings. The number of nitrogens with zero attached hydrogens (tertiary/aromatic N) is 4. The molecule has 0 N–H and O–H groups in total. The van der Waals surface area contributed by atoms with Gasteiger partial charge in [-0.25, -0.2) is 13.4 Å². The molecule has 4 rings (SSSR count). The largest absolute Gasteiger partial charge is 0.295 e. The smallest absolute Gasteiger partial charge is 0.258 e. The topological polar surface area (TPSA) is 75.0 Å². The summed E-state index contributed by atoms with van der Waals surface area (Å²) < 4.78 is 30.2. The monoisotopic (exact) mass is 460 g/mol. The van der Waals surface area contributed by atoms with Crippen LogP contribution < -0.4 is 5.56 Å². The van der Waals surface area contributed by atoms with Crippen LogP contribution in [0, 0.1) is 34.6 Å². The molecule has 0 radical (unpaired) electrons. The summed E-state index contributed by atoms with van der Waals surface area (Å²) in [4.78, 5) is 20.1. The lowest BCUT2D eigenvalue weighted by atomic mass is 9.95. The molecule has 7 nitrogen and oxygen atoms in total. The Bertz CT molecular complexity index is 1290. The van der Waals surface area contributed by atoms with Crippen LogP contribution in [0.15, 0.2) is 27.3 Å². The van der Waals surface area contributed by atoms with E-state index >= 15 is 0 Å². The van der Waals surface area contributed by atoms with Crippen molar-refractivity contribution in [2.45, 2.75) is 46.1 Å². The minimum Gasteiger partial charge on any atom is -0.295 e. The van der Waals surface area contributed by atoms with E-state index in [0.717, 1.165) is 33.5 Å². The van der Waals surface area contributed by atoms with E-state index < -0.39 is 10.0 Å². The van der Waals surface area contributed by atoms with Crippen LogP contribution in [0.1, 0.15) is 33.5 Å². The van der Waals surface area contributed by atoms with Crippen LogP contribution in [0.5, 0.6) is 0 Å². The highest BCUT2D eigenvalue weighted by Gasteiger charge is 2.32. The van der Waals surface area contributed by atoms with Gasteiger partial charge >= 0.3 is 0 Å². The third kappa shape index (κ3) is 3.84. The highest BCUT2D eigenvalue weighted by molar-refractivity contribution is 7.89. The molecular formula is C22H28N4O3S2. The molecule has 0 spiro atoms. The Morgan fingerprint density at radius 1 is 0.935 bits per heavy atom. The van der Waals surface area contributed by atoms with Crippen molar-refractivity contribution in [3.05, 3.63) is 61.5 Å². The van der Waals surface area contributed by atoms with E-state index in [9.17, 15) is 13.2 Å². The van der Waals surface area contributed by atoms with Gasteiger partial charge in [-0.3, -0.25) is 14.1 Å². The minimum atomic E-state index is -3.57. The molecule has 31 heavy (non-hydrogen) atoms. The second kappa shape index (κ2) is 8.12. The van der Waals surface area contributed by atoms with Gasteiger partial charge in [0, 0.05) is 50.4 Å². The van der Waals surface area contributed by atoms with Crippen LogP contribution in [0.25, 0.3) is 4.96 Å². The van der Waals surface area contributed by atoms with Gasteiger partial charge < -0.3 is 0 Å². The zero-order chi connectivity index (χ0) is 22.5. The fraction of sp³-hybridized carbons (Fsp3) is 0.455. The molecule has 9 heteroatoms. The van der Waals surface area contributed by atoms with Gasteiger partial charge in [0.1, 0.15) is 0 Å². The first-order valence-electron chi connectivity index (χ1n) is 10.4. The molecule has 0 aliphatic carbocycles. The van der Waals surface area contributed by atoms with Gasteiger partial charge in [0.15, 0.2) is 4.96 Å². The van der Waals surface area contributed by atoms with Crippen molar-refractivity contribution in [3.8, 4) is 0 Å². The third-order valence-corrected chi connectivity index (χ3v) is 9.53. The average Bonchev–Trinajstić information content (AvgIpc) is 3.20. The number of hydrogen-bond donors (Lipinski definition) is 0. The fourth-order valence-corrected chi connectivity index (χ4v) is 7.03. The maximum atomic E-state index is 13.5. The Hall–Kier alpha value is -2.07. The van der Waals surface area contributed by atoms with Crippen molar-refractivity contribution in [2.24, 2.45) is 0 Å². The molecule has 1 fully saturated rings. The summed E-state index contributed by atoms with van der Waals surface area (Å²) in [6, 6.07) is 1.56. The lowest BCUT2D eigenvalue weighted by molar-refractivity contribution is 0.180. The van der Waals surface area contributed by atoms with E-state index in [1.54, 1.807) is 16.6 Å². The predicted molar refractivity (Wildman–Crippen MR) is 124 cm³/mol. The first-order valence-corrected chi connectivity index (χ1v) is 12.7. The van der Waals surface area contributed by atoms with E-state index in [-0.39, 0.29) is 5.56 Å². The SMILES string of the molecule is Cc1c(C)c(C)c(S(=O)(=O)N2CCN(Cc3cc(=O)n4ccsc4n3)CC2)c(C)c1C. The number of thiazole rings is 1. The van der Waals surface area contributed by atoms with Gasteiger partial charge in [0.2, 0.25) is 10.0 Å². The highest BCUT2D eigenvalue weighted by Crippen LogP contribution is 2.32. The zero-order valence-corrected chi connectivity index (χ0v) is 20.2. The number of hydrogen-bond acceptors (Lipinski definition) is 6. The molecule has 1 aromatic carbocycles. The van der Waals surface area contributed by atoms with Crippen LogP contribution in [-0.2, 0) is 16.6 Å². The molecule has 3 heterocycles. The van der Waals surface area contributed by atoms with E-state index in [1.807, 2.05) is 40.0 Å². The minimum absolute atomic E-state index is 0.0847. The molecule has 1 aliphatic heterocycles. The number of sulfonamides is 1. The molecule has 0 amide bonds. The van der Waals surface area contributed by atoms with Crippen LogP contribution in [-0.4, -0.2) is 53.2 Å². The summed E-state index contributed by atoms with van der Waals surface area (Å²) in [5.74, 6) is 0. The van der Waals surface area contributed by atoms with E-state index in [0.29, 0.717) is 42.6 Å². The van der Waals surface area contributed by atoms with Crippen LogP contribution in [0.4, 0.5) is 0 Å². The number of aromatic nitrogens is 2. The molecule has 2 aromatic heterocycles. The van der Waals surface area contributed by atoms with Gasteiger partial charge in [0.25, 0.3) is 5.56 Å². The van der Waals surface area contributed by atoms with Crippen molar-refractivity contribution in [3.63, 3.8) is 0 Å². The first kappa shape index (κ1) is 22.1. The predicted octanol–water partition coefficient (Wildman–Crippen LogP) is 2.80. The summed E-state index contributed by atoms with van der Waals surface area (Å²) in [6.07, 6.45) is 1.72. The zero-order valence-electron chi connectivity index (χ0n) is 18.6. The molecule has 0 bridgehead atoms. The second-order valence-electron chi connectivity index (χ2n) is 8.28. The summed E-state index contributed by atoms with van der Waals surface area (Å²) in [7, 11) is -3.57. The fourth-order valence-electron chi connectivity index (χ4n) is 4.31. The highest BCUT2D eigenvalue weighted by atomic mass is 32.2. The lowest BCUT2D eigenvalue weighted by Crippen LogP contribution is -2.48.